The van der Waals surface area contributed by atoms with Crippen molar-refractivity contribution in [3.05, 3.63) is 65.3 Å². The number of allylic oxidation sites excluding steroid dienone is 12. The second-order valence-electron chi connectivity index (χ2n) is 5.06. The molecule has 0 saturated heterocycles. The van der Waals surface area contributed by atoms with Crippen LogP contribution < -0.4 is 0 Å². The Kier molecular flexibility index (Phi) is 9.78. The molecule has 2 rings (SSSR count). The minimum Gasteiger partial charge on any atom is -0.147 e. The molecule has 0 aromatic carbocycles. The molecule has 0 spiro atoms. The predicted molar refractivity (Wildman–Crippen MR) is 94.9 cm³/mol. The van der Waals surface area contributed by atoms with Gasteiger partial charge in [0.2, 0.25) is 0 Å². The first-order valence-corrected chi connectivity index (χ1v) is 9.46. The van der Waals surface area contributed by atoms with Gasteiger partial charge in [0.1, 0.15) is 0 Å². The molecular formula is C18H24Cl2Zr. The molecule has 0 aromatic heterocycles. The second-order valence-corrected chi connectivity index (χ2v) is 8.64. The zero-order chi connectivity index (χ0) is 13.8. The summed E-state index contributed by atoms with van der Waals surface area (Å²) in [7, 11) is 0. The van der Waals surface area contributed by atoms with Crippen LogP contribution in [-0.4, -0.2) is 0 Å². The van der Waals surface area contributed by atoms with E-state index in [-0.39, 0.29) is 24.8 Å². The third-order valence-electron chi connectivity index (χ3n) is 3.82. The van der Waals surface area contributed by atoms with Crippen LogP contribution in [0, 0.1) is 0 Å². The van der Waals surface area contributed by atoms with Gasteiger partial charge in [-0.2, -0.15) is 0 Å². The quantitative estimate of drug-likeness (QED) is 0.520. The van der Waals surface area contributed by atoms with E-state index in [4.69, 9.17) is 0 Å². The van der Waals surface area contributed by atoms with Crippen LogP contribution in [0.1, 0.15) is 40.5 Å². The van der Waals surface area contributed by atoms with Crippen molar-refractivity contribution in [3.8, 4) is 0 Å². The van der Waals surface area contributed by atoms with Crippen LogP contribution in [0.5, 0.6) is 0 Å². The van der Waals surface area contributed by atoms with Gasteiger partial charge in [-0.15, -0.1) is 24.8 Å². The zero-order valence-corrected chi connectivity index (χ0v) is 17.3. The van der Waals surface area contributed by atoms with Gasteiger partial charge in [-0.25, -0.2) is 0 Å². The maximum atomic E-state index is 2.40. The normalized spacial score (nSPS) is 18.1. The maximum Gasteiger partial charge on any atom is -0.147 e. The molecule has 114 valence electrons. The third-order valence-corrected chi connectivity index (χ3v) is 8.15. The average Bonchev–Trinajstić information content (AvgIpc) is 2.90. The van der Waals surface area contributed by atoms with Gasteiger partial charge in [-0.1, -0.05) is 0 Å². The summed E-state index contributed by atoms with van der Waals surface area (Å²) in [5.74, 6) is 0. The smallest absolute Gasteiger partial charge is 0.147 e. The van der Waals surface area contributed by atoms with Crippen molar-refractivity contribution in [1.29, 1.82) is 0 Å². The summed E-state index contributed by atoms with van der Waals surface area (Å²) >= 11 is -0.552. The molecule has 0 N–H and O–H groups in total. The summed E-state index contributed by atoms with van der Waals surface area (Å²) in [6.07, 6.45) is 16.0. The fourth-order valence-corrected chi connectivity index (χ4v) is 6.13. The molecule has 0 radical (unpaired) electrons. The molecule has 0 aliphatic heterocycles. The first-order valence-electron chi connectivity index (χ1n) is 7.00. The van der Waals surface area contributed by atoms with Crippen LogP contribution in [0.15, 0.2) is 65.3 Å². The van der Waals surface area contributed by atoms with E-state index in [1.165, 1.54) is 24.0 Å². The predicted octanol–water partition coefficient (Wildman–Crippen LogP) is 6.27. The van der Waals surface area contributed by atoms with Gasteiger partial charge in [0, 0.05) is 0 Å². The molecule has 0 amide bonds. The Morgan fingerprint density at radius 3 is 1.52 bits per heavy atom. The summed E-state index contributed by atoms with van der Waals surface area (Å²) in [6.45, 7) is 8.81. The van der Waals surface area contributed by atoms with Gasteiger partial charge in [-0.05, 0) is 0 Å². The summed E-state index contributed by atoms with van der Waals surface area (Å²) in [5.41, 5.74) is 6.03. The minimum atomic E-state index is -0.552. The van der Waals surface area contributed by atoms with E-state index in [1.807, 2.05) is 0 Å². The van der Waals surface area contributed by atoms with Crippen molar-refractivity contribution >= 4 is 24.8 Å². The second kappa shape index (κ2) is 9.83. The first kappa shape index (κ1) is 20.9. The van der Waals surface area contributed by atoms with Gasteiger partial charge in [-0.3, -0.25) is 0 Å². The minimum absolute atomic E-state index is 0. The fourth-order valence-electron chi connectivity index (χ4n) is 2.60. The number of halogens is 2. The van der Waals surface area contributed by atoms with Crippen LogP contribution in [0.3, 0.4) is 0 Å². The van der Waals surface area contributed by atoms with Gasteiger partial charge >= 0.3 is 129 Å². The molecule has 0 bridgehead atoms. The van der Waals surface area contributed by atoms with Crippen molar-refractivity contribution < 1.29 is 23.2 Å². The molecule has 2 aliphatic rings. The SMILES string of the molecule is CC=CC1=CC[C]([Zr][C]2=C(C)C(C=CC)=CC2)=C1C.Cl.Cl. The van der Waals surface area contributed by atoms with E-state index in [9.17, 15) is 0 Å². The Morgan fingerprint density at radius 1 is 0.810 bits per heavy atom. The standard InChI is InChI=1S/2C9H11.2ClH.Zr/c2*1-3-5-9-7-4-6-8(9)2;;;/h2*3,5,7H,4H2,1-2H3;2*1H;. The van der Waals surface area contributed by atoms with Gasteiger partial charge in [0.15, 0.2) is 0 Å². The van der Waals surface area contributed by atoms with Crippen molar-refractivity contribution in [3.63, 3.8) is 0 Å². The molecule has 0 aromatic rings. The molecular weight excluding hydrogens is 378 g/mol. The van der Waals surface area contributed by atoms with Crippen molar-refractivity contribution in [2.45, 2.75) is 40.5 Å². The molecule has 0 fully saturated rings. The topological polar surface area (TPSA) is 0 Å². The van der Waals surface area contributed by atoms with Gasteiger partial charge < -0.3 is 0 Å². The van der Waals surface area contributed by atoms with E-state index in [0.717, 1.165) is 0 Å². The molecule has 21 heavy (non-hydrogen) atoms. The van der Waals surface area contributed by atoms with E-state index >= 15 is 0 Å². The summed E-state index contributed by atoms with van der Waals surface area (Å²) in [6, 6.07) is 0. The Bertz CT molecular complexity index is 508. The van der Waals surface area contributed by atoms with Gasteiger partial charge in [0.25, 0.3) is 0 Å². The Morgan fingerprint density at radius 2 is 1.19 bits per heavy atom. The van der Waals surface area contributed by atoms with E-state index in [2.05, 4.69) is 64.2 Å². The average molecular weight is 403 g/mol. The first-order chi connectivity index (χ1) is 9.17. The molecule has 0 saturated carbocycles. The van der Waals surface area contributed by atoms with Crippen LogP contribution >= 0.6 is 24.8 Å². The maximum absolute atomic E-state index is 2.40. The molecule has 2 aliphatic carbocycles. The van der Waals surface area contributed by atoms with Crippen molar-refractivity contribution in [2.24, 2.45) is 0 Å². The van der Waals surface area contributed by atoms with Gasteiger partial charge in [0.05, 0.1) is 0 Å². The van der Waals surface area contributed by atoms with Crippen LogP contribution in [0.4, 0.5) is 0 Å². The number of hydrogen-bond acceptors (Lipinski definition) is 0. The molecule has 0 heterocycles. The molecule has 3 heteroatoms. The number of rotatable bonds is 4. The fraction of sp³-hybridized carbons (Fsp3) is 0.333. The molecule has 0 unspecified atom stereocenters. The zero-order valence-electron chi connectivity index (χ0n) is 13.2. The van der Waals surface area contributed by atoms with E-state index in [0.29, 0.717) is 0 Å². The van der Waals surface area contributed by atoms with Crippen molar-refractivity contribution in [2.75, 3.05) is 0 Å². The summed E-state index contributed by atoms with van der Waals surface area (Å²) in [5, 5.41) is 0. The van der Waals surface area contributed by atoms with E-state index in [1.54, 1.807) is 17.7 Å². The van der Waals surface area contributed by atoms with Crippen LogP contribution in [0.25, 0.3) is 0 Å². The Hall–Kier alpha value is -0.0969. The third kappa shape index (κ3) is 4.95. The Balaban J connectivity index is 0.00000200. The monoisotopic (exact) mass is 400 g/mol. The van der Waals surface area contributed by atoms with E-state index < -0.39 is 23.2 Å². The van der Waals surface area contributed by atoms with Crippen LogP contribution in [0.2, 0.25) is 0 Å². The largest absolute Gasteiger partial charge is 0.147 e. The number of hydrogen-bond donors (Lipinski definition) is 0. The summed E-state index contributed by atoms with van der Waals surface area (Å²) in [4.78, 5) is 0. The Labute approximate surface area is 153 Å². The van der Waals surface area contributed by atoms with Crippen LogP contribution in [-0.2, 0) is 23.2 Å². The molecule has 0 atom stereocenters. The molecule has 0 nitrogen and oxygen atoms in total. The summed E-state index contributed by atoms with van der Waals surface area (Å²) < 4.78 is 3.53. The van der Waals surface area contributed by atoms with Crippen molar-refractivity contribution in [1.82, 2.24) is 0 Å².